The minimum atomic E-state index is -0.332. The van der Waals surface area contributed by atoms with Crippen LogP contribution in [-0.4, -0.2) is 11.8 Å². The molecule has 25 heavy (non-hydrogen) atoms. The number of hydrogen-bond acceptors (Lipinski definition) is 3. The predicted octanol–water partition coefficient (Wildman–Crippen LogP) is 4.35. The number of benzene rings is 2. The largest absolute Gasteiger partial charge is 0.472 e. The van der Waals surface area contributed by atoms with Crippen molar-refractivity contribution in [3.8, 4) is 0 Å². The van der Waals surface area contributed by atoms with Gasteiger partial charge in [-0.25, -0.2) is 0 Å². The van der Waals surface area contributed by atoms with Gasteiger partial charge >= 0.3 is 0 Å². The average molecular weight is 334 g/mol. The number of carbonyl (C=O) groups is 2. The Morgan fingerprint density at radius 1 is 0.920 bits per heavy atom. The van der Waals surface area contributed by atoms with E-state index in [9.17, 15) is 9.59 Å². The lowest BCUT2D eigenvalue weighted by molar-refractivity contribution is 0.102. The molecule has 3 rings (SSSR count). The molecule has 126 valence electrons. The smallest absolute Gasteiger partial charge is 0.258 e. The van der Waals surface area contributed by atoms with E-state index >= 15 is 0 Å². The van der Waals surface area contributed by atoms with Crippen LogP contribution in [0.4, 0.5) is 11.4 Å². The Balaban J connectivity index is 1.77. The van der Waals surface area contributed by atoms with E-state index in [1.807, 2.05) is 24.3 Å². The molecule has 1 aromatic heterocycles. The van der Waals surface area contributed by atoms with Gasteiger partial charge in [0.2, 0.25) is 0 Å². The number of para-hydroxylation sites is 1. The minimum Gasteiger partial charge on any atom is -0.472 e. The van der Waals surface area contributed by atoms with Gasteiger partial charge in [-0.15, -0.1) is 0 Å². The third kappa shape index (κ3) is 3.95. The first-order chi connectivity index (χ1) is 12.2. The van der Waals surface area contributed by atoms with Gasteiger partial charge in [0, 0.05) is 5.69 Å². The summed E-state index contributed by atoms with van der Waals surface area (Å²) in [5, 5.41) is 5.59. The van der Waals surface area contributed by atoms with Crippen LogP contribution >= 0.6 is 0 Å². The second-order valence-corrected chi connectivity index (χ2v) is 5.52. The first-order valence-corrected chi connectivity index (χ1v) is 8.00. The predicted molar refractivity (Wildman–Crippen MR) is 96.9 cm³/mol. The molecule has 0 aliphatic rings. The molecule has 2 amide bonds. The van der Waals surface area contributed by atoms with Gasteiger partial charge in [-0.1, -0.05) is 31.2 Å². The van der Waals surface area contributed by atoms with Crippen LogP contribution < -0.4 is 10.6 Å². The Morgan fingerprint density at radius 2 is 1.68 bits per heavy atom. The van der Waals surface area contributed by atoms with Crippen LogP contribution in [0, 0.1) is 0 Å². The molecule has 3 aromatic rings. The van der Waals surface area contributed by atoms with Crippen molar-refractivity contribution in [1.82, 2.24) is 0 Å². The number of rotatable bonds is 5. The summed E-state index contributed by atoms with van der Waals surface area (Å²) in [5.74, 6) is -0.617. The molecule has 0 atom stereocenters. The van der Waals surface area contributed by atoms with Crippen LogP contribution in [-0.2, 0) is 6.42 Å². The Bertz CT molecular complexity index is 868. The van der Waals surface area contributed by atoms with E-state index in [-0.39, 0.29) is 11.8 Å². The van der Waals surface area contributed by atoms with Crippen molar-refractivity contribution in [2.75, 3.05) is 10.6 Å². The van der Waals surface area contributed by atoms with Crippen LogP contribution in [0.5, 0.6) is 0 Å². The Kier molecular flexibility index (Phi) is 4.95. The quantitative estimate of drug-likeness (QED) is 0.729. The minimum absolute atomic E-state index is 0.285. The summed E-state index contributed by atoms with van der Waals surface area (Å²) < 4.78 is 4.91. The first kappa shape index (κ1) is 16.5. The second-order valence-electron chi connectivity index (χ2n) is 5.52. The molecule has 1 heterocycles. The van der Waals surface area contributed by atoms with Gasteiger partial charge in [0.15, 0.2) is 0 Å². The van der Waals surface area contributed by atoms with Gasteiger partial charge in [0.05, 0.1) is 23.1 Å². The van der Waals surface area contributed by atoms with Crippen LogP contribution in [0.1, 0.15) is 33.2 Å². The fourth-order valence-electron chi connectivity index (χ4n) is 2.40. The van der Waals surface area contributed by atoms with Crippen molar-refractivity contribution in [2.24, 2.45) is 0 Å². The van der Waals surface area contributed by atoms with Crippen LogP contribution in [0.15, 0.2) is 71.5 Å². The van der Waals surface area contributed by atoms with Gasteiger partial charge in [0.1, 0.15) is 6.26 Å². The summed E-state index contributed by atoms with van der Waals surface area (Å²) in [6.07, 6.45) is 3.72. The van der Waals surface area contributed by atoms with Crippen molar-refractivity contribution < 1.29 is 14.0 Å². The lowest BCUT2D eigenvalue weighted by atomic mass is 10.1. The lowest BCUT2D eigenvalue weighted by Crippen LogP contribution is -2.18. The van der Waals surface area contributed by atoms with E-state index in [1.165, 1.54) is 18.1 Å². The summed E-state index contributed by atoms with van der Waals surface area (Å²) in [6.45, 7) is 2.08. The van der Waals surface area contributed by atoms with Gasteiger partial charge in [-0.3, -0.25) is 9.59 Å². The zero-order chi connectivity index (χ0) is 17.6. The average Bonchev–Trinajstić information content (AvgIpc) is 3.17. The van der Waals surface area contributed by atoms with Crippen LogP contribution in [0.3, 0.4) is 0 Å². The van der Waals surface area contributed by atoms with Crippen LogP contribution in [0.2, 0.25) is 0 Å². The number of anilines is 2. The molecule has 2 N–H and O–H groups in total. The Morgan fingerprint density at radius 3 is 2.36 bits per heavy atom. The third-order valence-electron chi connectivity index (χ3n) is 3.82. The molecule has 0 aliphatic heterocycles. The molecular formula is C20H18N2O3. The van der Waals surface area contributed by atoms with Gasteiger partial charge < -0.3 is 15.1 Å². The third-order valence-corrected chi connectivity index (χ3v) is 3.82. The second kappa shape index (κ2) is 7.49. The van der Waals surface area contributed by atoms with Gasteiger partial charge in [-0.05, 0) is 42.3 Å². The highest BCUT2D eigenvalue weighted by molar-refractivity contribution is 6.12. The van der Waals surface area contributed by atoms with E-state index in [4.69, 9.17) is 4.42 Å². The van der Waals surface area contributed by atoms with Crippen molar-refractivity contribution >= 4 is 23.2 Å². The molecule has 0 aliphatic carbocycles. The van der Waals surface area contributed by atoms with E-state index in [2.05, 4.69) is 17.6 Å². The number of hydrogen-bond donors (Lipinski definition) is 2. The van der Waals surface area contributed by atoms with Crippen molar-refractivity contribution in [3.63, 3.8) is 0 Å². The molecular weight excluding hydrogens is 316 g/mol. The summed E-state index contributed by atoms with van der Waals surface area (Å²) in [4.78, 5) is 24.8. The monoisotopic (exact) mass is 334 g/mol. The fraction of sp³-hybridized carbons (Fsp3) is 0.100. The molecule has 0 bridgehead atoms. The highest BCUT2D eigenvalue weighted by atomic mass is 16.3. The number of amides is 2. The van der Waals surface area contributed by atoms with E-state index < -0.39 is 0 Å². The maximum atomic E-state index is 12.6. The Hall–Kier alpha value is -3.34. The zero-order valence-corrected chi connectivity index (χ0v) is 13.8. The molecule has 0 spiro atoms. The number of furan rings is 1. The summed E-state index contributed by atoms with van der Waals surface area (Å²) >= 11 is 0. The topological polar surface area (TPSA) is 71.3 Å². The molecule has 0 saturated heterocycles. The maximum absolute atomic E-state index is 12.6. The summed E-state index contributed by atoms with van der Waals surface area (Å²) in [7, 11) is 0. The lowest BCUT2D eigenvalue weighted by Gasteiger charge is -2.11. The van der Waals surface area contributed by atoms with Crippen molar-refractivity contribution in [3.05, 3.63) is 83.8 Å². The first-order valence-electron chi connectivity index (χ1n) is 8.00. The SMILES string of the molecule is CCc1ccc(NC(=O)c2ccccc2NC(=O)c2ccoc2)cc1. The molecule has 0 saturated carbocycles. The van der Waals surface area contributed by atoms with E-state index in [0.29, 0.717) is 22.5 Å². The molecule has 0 fully saturated rings. The number of aryl methyl sites for hydroxylation is 1. The molecule has 5 heteroatoms. The normalized spacial score (nSPS) is 10.3. The highest BCUT2D eigenvalue weighted by Crippen LogP contribution is 2.19. The standard InChI is InChI=1S/C20H18N2O3/c1-2-14-7-9-16(10-8-14)21-20(24)17-5-3-4-6-18(17)22-19(23)15-11-12-25-13-15/h3-13H,2H2,1H3,(H,21,24)(H,22,23). The fourth-order valence-corrected chi connectivity index (χ4v) is 2.40. The zero-order valence-electron chi connectivity index (χ0n) is 13.8. The molecule has 5 nitrogen and oxygen atoms in total. The molecule has 0 radical (unpaired) electrons. The van der Waals surface area contributed by atoms with E-state index in [0.717, 1.165) is 6.42 Å². The van der Waals surface area contributed by atoms with Crippen molar-refractivity contribution in [1.29, 1.82) is 0 Å². The van der Waals surface area contributed by atoms with Crippen LogP contribution in [0.25, 0.3) is 0 Å². The van der Waals surface area contributed by atoms with E-state index in [1.54, 1.807) is 30.3 Å². The van der Waals surface area contributed by atoms with Gasteiger partial charge in [-0.2, -0.15) is 0 Å². The van der Waals surface area contributed by atoms with Crippen molar-refractivity contribution in [2.45, 2.75) is 13.3 Å². The number of nitrogens with one attached hydrogen (secondary N) is 2. The summed E-state index contributed by atoms with van der Waals surface area (Å²) in [5.41, 5.74) is 3.13. The Labute approximate surface area is 145 Å². The molecule has 0 unspecified atom stereocenters. The van der Waals surface area contributed by atoms with Gasteiger partial charge in [0.25, 0.3) is 11.8 Å². The highest BCUT2D eigenvalue weighted by Gasteiger charge is 2.14. The molecule has 2 aromatic carbocycles. The number of carbonyl (C=O) groups excluding carboxylic acids is 2. The summed E-state index contributed by atoms with van der Waals surface area (Å²) in [6, 6.07) is 16.1. The maximum Gasteiger partial charge on any atom is 0.258 e.